The number of ether oxygens (including phenoxy) is 1. The molecule has 2 rings (SSSR count). The molecule has 1 aromatic rings. The van der Waals surface area contributed by atoms with E-state index in [-0.39, 0.29) is 29.3 Å². The quantitative estimate of drug-likeness (QED) is 0.512. The fourth-order valence-corrected chi connectivity index (χ4v) is 2.32. The Morgan fingerprint density at radius 2 is 2.20 bits per heavy atom. The van der Waals surface area contributed by atoms with Crippen LogP contribution in [-0.2, 0) is 0 Å². The predicted octanol–water partition coefficient (Wildman–Crippen LogP) is 1.90. The Morgan fingerprint density at radius 1 is 1.45 bits per heavy atom. The second-order valence-corrected chi connectivity index (χ2v) is 4.88. The Labute approximate surface area is 116 Å². The molecule has 1 heterocycles. The van der Waals surface area contributed by atoms with Gasteiger partial charge in [0.1, 0.15) is 12.2 Å². The molecule has 0 aromatic carbocycles. The number of nitrogens with zero attached hydrogens (tertiary/aromatic N) is 3. The van der Waals surface area contributed by atoms with Crippen LogP contribution in [0.25, 0.3) is 0 Å². The molecule has 0 saturated heterocycles. The van der Waals surface area contributed by atoms with E-state index in [0.29, 0.717) is 0 Å². The minimum atomic E-state index is -0.592. The maximum absolute atomic E-state index is 11.0. The van der Waals surface area contributed by atoms with Crippen molar-refractivity contribution in [2.24, 2.45) is 5.73 Å². The summed E-state index contributed by atoms with van der Waals surface area (Å²) >= 11 is 0. The third-order valence-electron chi connectivity index (χ3n) is 3.42. The van der Waals surface area contributed by atoms with Gasteiger partial charge in [0.25, 0.3) is 5.88 Å². The highest BCUT2D eigenvalue weighted by Crippen LogP contribution is 2.28. The summed E-state index contributed by atoms with van der Waals surface area (Å²) in [6, 6.07) is 2.85. The zero-order valence-corrected chi connectivity index (χ0v) is 11.0. The van der Waals surface area contributed by atoms with Crippen LogP contribution in [0.1, 0.15) is 37.7 Å². The van der Waals surface area contributed by atoms with Gasteiger partial charge in [-0.2, -0.15) is 5.26 Å². The van der Waals surface area contributed by atoms with Gasteiger partial charge in [-0.25, -0.2) is 4.98 Å². The van der Waals surface area contributed by atoms with Gasteiger partial charge in [-0.3, -0.25) is 10.1 Å². The van der Waals surface area contributed by atoms with Gasteiger partial charge in [-0.15, -0.1) is 0 Å². The molecule has 1 aliphatic carbocycles. The van der Waals surface area contributed by atoms with E-state index in [9.17, 15) is 10.1 Å². The van der Waals surface area contributed by atoms with Gasteiger partial charge in [-0.1, -0.05) is 12.8 Å². The van der Waals surface area contributed by atoms with Crippen LogP contribution in [-0.4, -0.2) is 22.1 Å². The molecule has 20 heavy (non-hydrogen) atoms. The summed E-state index contributed by atoms with van der Waals surface area (Å²) in [5.41, 5.74) is 5.88. The molecule has 1 aromatic heterocycles. The molecule has 0 radical (unpaired) electrons. The highest BCUT2D eigenvalue weighted by Gasteiger charge is 2.26. The van der Waals surface area contributed by atoms with Gasteiger partial charge < -0.3 is 10.5 Å². The number of rotatable bonds is 3. The molecule has 7 heteroatoms. The molecule has 7 nitrogen and oxygen atoms in total. The van der Waals surface area contributed by atoms with Crippen LogP contribution in [0.4, 0.5) is 5.69 Å². The monoisotopic (exact) mass is 276 g/mol. The first-order chi connectivity index (χ1) is 9.61. The lowest BCUT2D eigenvalue weighted by Gasteiger charge is -2.21. The van der Waals surface area contributed by atoms with Crippen molar-refractivity contribution in [2.75, 3.05) is 0 Å². The largest absolute Gasteiger partial charge is 0.468 e. The Balaban J connectivity index is 2.23. The molecule has 2 unspecified atom stereocenters. The first-order valence-corrected chi connectivity index (χ1v) is 6.58. The summed E-state index contributed by atoms with van der Waals surface area (Å²) in [7, 11) is 0. The Bertz CT molecular complexity index is 541. The summed E-state index contributed by atoms with van der Waals surface area (Å²) < 4.78 is 5.65. The topological polar surface area (TPSA) is 115 Å². The van der Waals surface area contributed by atoms with Gasteiger partial charge in [0.2, 0.25) is 0 Å². The van der Waals surface area contributed by atoms with E-state index in [1.807, 2.05) is 6.07 Å². The molecule has 1 saturated carbocycles. The van der Waals surface area contributed by atoms with Gasteiger partial charge in [-0.05, 0) is 19.3 Å². The highest BCUT2D eigenvalue weighted by molar-refractivity contribution is 5.46. The van der Waals surface area contributed by atoms with Crippen LogP contribution in [0.2, 0.25) is 0 Å². The number of nitriles is 1. The van der Waals surface area contributed by atoms with Crippen LogP contribution in [0.3, 0.4) is 0 Å². The first-order valence-electron chi connectivity index (χ1n) is 6.58. The summed E-state index contributed by atoms with van der Waals surface area (Å²) in [5.74, 6) is -0.0589. The number of nitro groups is 1. The van der Waals surface area contributed by atoms with E-state index in [0.717, 1.165) is 32.1 Å². The van der Waals surface area contributed by atoms with E-state index in [1.54, 1.807) is 0 Å². The van der Waals surface area contributed by atoms with Crippen LogP contribution >= 0.6 is 0 Å². The van der Waals surface area contributed by atoms with Crippen LogP contribution in [0.5, 0.6) is 5.88 Å². The molecular weight excluding hydrogens is 260 g/mol. The third kappa shape index (κ3) is 3.22. The van der Waals surface area contributed by atoms with E-state index >= 15 is 0 Å². The van der Waals surface area contributed by atoms with Crippen molar-refractivity contribution >= 4 is 5.69 Å². The van der Waals surface area contributed by atoms with Crippen LogP contribution < -0.4 is 10.5 Å². The van der Waals surface area contributed by atoms with Crippen molar-refractivity contribution in [3.05, 3.63) is 27.9 Å². The third-order valence-corrected chi connectivity index (χ3v) is 3.42. The van der Waals surface area contributed by atoms with Gasteiger partial charge in [0.15, 0.2) is 0 Å². The van der Waals surface area contributed by atoms with Gasteiger partial charge in [0, 0.05) is 18.3 Å². The van der Waals surface area contributed by atoms with Crippen molar-refractivity contribution < 1.29 is 9.66 Å². The SMILES string of the molecule is N#Cc1cnc(OC2CCCCCC2N)c([N+](=O)[O-])c1. The number of hydrogen-bond donors (Lipinski definition) is 1. The second kappa shape index (κ2) is 6.30. The lowest BCUT2D eigenvalue weighted by Crippen LogP contribution is -2.38. The summed E-state index contributed by atoms with van der Waals surface area (Å²) in [5, 5.41) is 19.8. The normalized spacial score (nSPS) is 22.6. The smallest absolute Gasteiger partial charge is 0.332 e. The second-order valence-electron chi connectivity index (χ2n) is 4.88. The van der Waals surface area contributed by atoms with Gasteiger partial charge >= 0.3 is 5.69 Å². The van der Waals surface area contributed by atoms with E-state index in [2.05, 4.69) is 4.98 Å². The zero-order valence-electron chi connectivity index (χ0n) is 11.0. The van der Waals surface area contributed by atoms with Crippen molar-refractivity contribution in [3.8, 4) is 11.9 Å². The van der Waals surface area contributed by atoms with Crippen molar-refractivity contribution in [3.63, 3.8) is 0 Å². The molecule has 0 bridgehead atoms. The van der Waals surface area contributed by atoms with Crippen molar-refractivity contribution in [1.82, 2.24) is 4.98 Å². The van der Waals surface area contributed by atoms with E-state index in [1.165, 1.54) is 12.3 Å². The van der Waals surface area contributed by atoms with E-state index in [4.69, 9.17) is 15.7 Å². The summed E-state index contributed by atoms with van der Waals surface area (Å²) in [6.45, 7) is 0. The molecule has 2 N–H and O–H groups in total. The average molecular weight is 276 g/mol. The minimum absolute atomic E-state index is 0.0589. The molecule has 0 spiro atoms. The zero-order chi connectivity index (χ0) is 14.5. The molecule has 0 amide bonds. The Morgan fingerprint density at radius 3 is 2.90 bits per heavy atom. The molecule has 0 aliphatic heterocycles. The lowest BCUT2D eigenvalue weighted by atomic mass is 10.1. The minimum Gasteiger partial charge on any atom is -0.468 e. The Kier molecular flexibility index (Phi) is 4.48. The average Bonchev–Trinajstić information content (AvgIpc) is 2.64. The maximum atomic E-state index is 11.0. The van der Waals surface area contributed by atoms with Crippen molar-refractivity contribution in [2.45, 2.75) is 44.2 Å². The molecule has 1 fully saturated rings. The van der Waals surface area contributed by atoms with Gasteiger partial charge in [0.05, 0.1) is 10.5 Å². The predicted molar refractivity (Wildman–Crippen MR) is 71.1 cm³/mol. The first kappa shape index (κ1) is 14.2. The number of pyridine rings is 1. The number of hydrogen-bond acceptors (Lipinski definition) is 6. The van der Waals surface area contributed by atoms with Crippen LogP contribution in [0, 0.1) is 21.4 Å². The number of nitrogens with two attached hydrogens (primary N) is 1. The molecular formula is C13H16N4O3. The fraction of sp³-hybridized carbons (Fsp3) is 0.538. The molecule has 2 atom stereocenters. The highest BCUT2D eigenvalue weighted by atomic mass is 16.6. The van der Waals surface area contributed by atoms with Crippen molar-refractivity contribution in [1.29, 1.82) is 5.26 Å². The lowest BCUT2D eigenvalue weighted by molar-refractivity contribution is -0.386. The summed E-state index contributed by atoms with van der Waals surface area (Å²) in [6.07, 6.45) is 5.74. The number of aromatic nitrogens is 1. The molecule has 1 aliphatic rings. The Hall–Kier alpha value is -2.20. The van der Waals surface area contributed by atoms with E-state index < -0.39 is 4.92 Å². The fourth-order valence-electron chi connectivity index (χ4n) is 2.32. The summed E-state index contributed by atoms with van der Waals surface area (Å²) in [4.78, 5) is 14.3. The maximum Gasteiger partial charge on any atom is 0.332 e. The van der Waals surface area contributed by atoms with Crippen LogP contribution in [0.15, 0.2) is 12.3 Å². The molecule has 106 valence electrons. The standard InChI is InChI=1S/C13H16N4O3/c14-7-9-6-11(17(18)19)13(16-8-9)20-12-5-3-1-2-4-10(12)15/h6,8,10,12H,1-5,15H2.